The van der Waals surface area contributed by atoms with Crippen molar-refractivity contribution in [2.45, 2.75) is 6.92 Å². The van der Waals surface area contributed by atoms with E-state index in [1.165, 1.54) is 6.07 Å². The van der Waals surface area contributed by atoms with E-state index in [1.54, 1.807) is 25.3 Å². The van der Waals surface area contributed by atoms with Crippen molar-refractivity contribution < 1.29 is 9.13 Å². The van der Waals surface area contributed by atoms with Gasteiger partial charge in [-0.2, -0.15) is 0 Å². The fraction of sp³-hybridized carbons (Fsp3) is 0.250. The molecule has 0 bridgehead atoms. The molecule has 80 valence electrons. The van der Waals surface area contributed by atoms with Gasteiger partial charge in [0, 0.05) is 12.8 Å². The normalized spacial score (nSPS) is 11.3. The SMILES string of the molecule is C=CCOc1cc(C(C)=NC)ccc1F. The molecule has 0 N–H and O–H groups in total. The summed E-state index contributed by atoms with van der Waals surface area (Å²) in [5, 5.41) is 0. The van der Waals surface area contributed by atoms with E-state index in [2.05, 4.69) is 11.6 Å². The molecule has 3 heteroatoms. The van der Waals surface area contributed by atoms with Crippen molar-refractivity contribution in [3.05, 3.63) is 42.2 Å². The Morgan fingerprint density at radius 2 is 2.33 bits per heavy atom. The Kier molecular flexibility index (Phi) is 4.03. The maximum Gasteiger partial charge on any atom is 0.165 e. The molecule has 0 atom stereocenters. The Balaban J connectivity index is 2.99. The standard InChI is InChI=1S/C12H14FNO/c1-4-7-15-12-8-10(9(2)14-3)5-6-11(12)13/h4-6,8H,1,7H2,2-3H3. The number of nitrogens with zero attached hydrogens (tertiary/aromatic N) is 1. The summed E-state index contributed by atoms with van der Waals surface area (Å²) >= 11 is 0. The van der Waals surface area contributed by atoms with Crippen LogP contribution < -0.4 is 4.74 Å². The van der Waals surface area contributed by atoms with Crippen LogP contribution in [-0.2, 0) is 0 Å². The topological polar surface area (TPSA) is 21.6 Å². The lowest BCUT2D eigenvalue weighted by molar-refractivity contribution is 0.342. The minimum atomic E-state index is -0.371. The van der Waals surface area contributed by atoms with Crippen LogP contribution in [0.4, 0.5) is 4.39 Å². The molecule has 0 amide bonds. The number of hydrogen-bond acceptors (Lipinski definition) is 2. The third kappa shape index (κ3) is 2.91. The molecule has 0 radical (unpaired) electrons. The van der Waals surface area contributed by atoms with Gasteiger partial charge >= 0.3 is 0 Å². The highest BCUT2D eigenvalue weighted by atomic mass is 19.1. The highest BCUT2D eigenvalue weighted by molar-refractivity contribution is 5.98. The molecule has 0 saturated carbocycles. The Bertz CT molecular complexity index is 385. The van der Waals surface area contributed by atoms with Crippen LogP contribution >= 0.6 is 0 Å². The molecular formula is C12H14FNO. The molecule has 1 aromatic carbocycles. The van der Waals surface area contributed by atoms with Crippen molar-refractivity contribution in [2.24, 2.45) is 4.99 Å². The van der Waals surface area contributed by atoms with Crippen LogP contribution in [0, 0.1) is 5.82 Å². The lowest BCUT2D eigenvalue weighted by atomic mass is 10.1. The minimum absolute atomic E-state index is 0.232. The van der Waals surface area contributed by atoms with E-state index in [1.807, 2.05) is 6.92 Å². The lowest BCUT2D eigenvalue weighted by Gasteiger charge is -2.07. The maximum atomic E-state index is 13.3. The van der Waals surface area contributed by atoms with E-state index in [4.69, 9.17) is 4.74 Å². The second-order valence-corrected chi connectivity index (χ2v) is 3.05. The van der Waals surface area contributed by atoms with Gasteiger partial charge in [0.2, 0.25) is 0 Å². The van der Waals surface area contributed by atoms with Gasteiger partial charge in [-0.3, -0.25) is 4.99 Å². The molecule has 0 saturated heterocycles. The Morgan fingerprint density at radius 3 is 2.93 bits per heavy atom. The number of aliphatic imine (C=N–C) groups is 1. The van der Waals surface area contributed by atoms with Gasteiger partial charge in [0.1, 0.15) is 6.61 Å². The summed E-state index contributed by atoms with van der Waals surface area (Å²) in [5.74, 6) is -0.139. The molecule has 0 aliphatic carbocycles. The van der Waals surface area contributed by atoms with Crippen LogP contribution in [0.25, 0.3) is 0 Å². The predicted molar refractivity (Wildman–Crippen MR) is 60.2 cm³/mol. The van der Waals surface area contributed by atoms with Gasteiger partial charge in [0.15, 0.2) is 11.6 Å². The first-order valence-electron chi connectivity index (χ1n) is 4.66. The van der Waals surface area contributed by atoms with Crippen molar-refractivity contribution in [1.29, 1.82) is 0 Å². The smallest absolute Gasteiger partial charge is 0.165 e. The zero-order valence-electron chi connectivity index (χ0n) is 8.96. The fourth-order valence-corrected chi connectivity index (χ4v) is 1.12. The average Bonchev–Trinajstić information content (AvgIpc) is 2.27. The molecule has 0 aliphatic heterocycles. The Morgan fingerprint density at radius 1 is 1.60 bits per heavy atom. The van der Waals surface area contributed by atoms with Gasteiger partial charge in [0.25, 0.3) is 0 Å². The average molecular weight is 207 g/mol. The van der Waals surface area contributed by atoms with Crippen LogP contribution in [0.3, 0.4) is 0 Å². The number of halogens is 1. The minimum Gasteiger partial charge on any atom is -0.486 e. The quantitative estimate of drug-likeness (QED) is 0.549. The van der Waals surface area contributed by atoms with Crippen LogP contribution in [0.5, 0.6) is 5.75 Å². The van der Waals surface area contributed by atoms with Gasteiger partial charge in [-0.15, -0.1) is 0 Å². The lowest BCUT2D eigenvalue weighted by Crippen LogP contribution is -1.99. The summed E-state index contributed by atoms with van der Waals surface area (Å²) in [6, 6.07) is 4.70. The van der Waals surface area contributed by atoms with Crippen molar-refractivity contribution in [2.75, 3.05) is 13.7 Å². The van der Waals surface area contributed by atoms with Crippen molar-refractivity contribution >= 4 is 5.71 Å². The summed E-state index contributed by atoms with van der Waals surface area (Å²) in [5.41, 5.74) is 1.71. The maximum absolute atomic E-state index is 13.3. The first-order valence-corrected chi connectivity index (χ1v) is 4.66. The van der Waals surface area contributed by atoms with E-state index >= 15 is 0 Å². The van der Waals surface area contributed by atoms with Crippen molar-refractivity contribution in [3.8, 4) is 5.75 Å². The molecule has 0 unspecified atom stereocenters. The van der Waals surface area contributed by atoms with E-state index in [0.717, 1.165) is 11.3 Å². The molecule has 1 aromatic rings. The van der Waals surface area contributed by atoms with Gasteiger partial charge in [0.05, 0.1) is 0 Å². The summed E-state index contributed by atoms with van der Waals surface area (Å²) in [4.78, 5) is 4.03. The summed E-state index contributed by atoms with van der Waals surface area (Å²) in [6.07, 6.45) is 1.58. The molecule has 1 rings (SSSR count). The first kappa shape index (κ1) is 11.4. The second kappa shape index (κ2) is 5.29. The van der Waals surface area contributed by atoms with E-state index in [-0.39, 0.29) is 11.6 Å². The highest BCUT2D eigenvalue weighted by Crippen LogP contribution is 2.19. The summed E-state index contributed by atoms with van der Waals surface area (Å²) in [7, 11) is 1.70. The van der Waals surface area contributed by atoms with Crippen molar-refractivity contribution in [3.63, 3.8) is 0 Å². The third-order valence-corrected chi connectivity index (χ3v) is 2.04. The molecule has 2 nitrogen and oxygen atoms in total. The zero-order chi connectivity index (χ0) is 11.3. The van der Waals surface area contributed by atoms with Gasteiger partial charge in [-0.05, 0) is 30.7 Å². The van der Waals surface area contributed by atoms with Crippen LogP contribution in [-0.4, -0.2) is 19.4 Å². The molecular weight excluding hydrogens is 193 g/mol. The molecule has 0 fully saturated rings. The van der Waals surface area contributed by atoms with Crippen molar-refractivity contribution in [1.82, 2.24) is 0 Å². The summed E-state index contributed by atoms with van der Waals surface area (Å²) < 4.78 is 18.4. The molecule has 0 heterocycles. The fourth-order valence-electron chi connectivity index (χ4n) is 1.12. The number of rotatable bonds is 4. The molecule has 0 aliphatic rings. The number of ether oxygens (including phenoxy) is 1. The second-order valence-electron chi connectivity index (χ2n) is 3.05. The predicted octanol–water partition coefficient (Wildman–Crippen LogP) is 2.83. The number of hydrogen-bond donors (Lipinski definition) is 0. The Hall–Kier alpha value is -1.64. The van der Waals surface area contributed by atoms with Crippen LogP contribution in [0.2, 0.25) is 0 Å². The largest absolute Gasteiger partial charge is 0.486 e. The third-order valence-electron chi connectivity index (χ3n) is 2.04. The molecule has 0 spiro atoms. The van der Waals surface area contributed by atoms with E-state index in [0.29, 0.717) is 6.61 Å². The van der Waals surface area contributed by atoms with Gasteiger partial charge in [-0.25, -0.2) is 4.39 Å². The monoisotopic (exact) mass is 207 g/mol. The van der Waals surface area contributed by atoms with Crippen LogP contribution in [0.1, 0.15) is 12.5 Å². The first-order chi connectivity index (χ1) is 7.19. The highest BCUT2D eigenvalue weighted by Gasteiger charge is 2.05. The van der Waals surface area contributed by atoms with Crippen LogP contribution in [0.15, 0.2) is 35.8 Å². The van der Waals surface area contributed by atoms with Gasteiger partial charge < -0.3 is 4.74 Å². The van der Waals surface area contributed by atoms with Gasteiger partial charge in [-0.1, -0.05) is 12.7 Å². The molecule has 15 heavy (non-hydrogen) atoms. The number of benzene rings is 1. The summed E-state index contributed by atoms with van der Waals surface area (Å²) in [6.45, 7) is 5.67. The van der Waals surface area contributed by atoms with E-state index in [9.17, 15) is 4.39 Å². The zero-order valence-corrected chi connectivity index (χ0v) is 8.96. The van der Waals surface area contributed by atoms with E-state index < -0.39 is 0 Å². The molecule has 0 aromatic heterocycles. The Labute approximate surface area is 89.1 Å².